The van der Waals surface area contributed by atoms with Crippen LogP contribution in [0.25, 0.3) is 22.6 Å². The van der Waals surface area contributed by atoms with Gasteiger partial charge < -0.3 is 5.32 Å². The number of H-pyrrole nitrogens is 1. The number of aromatic amines is 1. The van der Waals surface area contributed by atoms with Crippen molar-refractivity contribution in [3.05, 3.63) is 86.6 Å². The number of hydrogen-bond acceptors (Lipinski definition) is 5. The van der Waals surface area contributed by atoms with Crippen LogP contribution in [0.4, 0.5) is 5.82 Å². The number of nitrogens with one attached hydrogen (secondary N) is 2. The van der Waals surface area contributed by atoms with E-state index in [2.05, 4.69) is 20.4 Å². The van der Waals surface area contributed by atoms with Gasteiger partial charge in [0, 0.05) is 28.9 Å². The maximum absolute atomic E-state index is 12.5. The fourth-order valence-corrected chi connectivity index (χ4v) is 3.66. The summed E-state index contributed by atoms with van der Waals surface area (Å²) in [4.78, 5) is 32.3. The van der Waals surface area contributed by atoms with Crippen molar-refractivity contribution in [3.8, 4) is 16.5 Å². The van der Waals surface area contributed by atoms with E-state index in [0.717, 1.165) is 10.4 Å². The van der Waals surface area contributed by atoms with Gasteiger partial charge in [0.15, 0.2) is 0 Å². The number of thiophene rings is 1. The van der Waals surface area contributed by atoms with E-state index in [9.17, 15) is 9.59 Å². The minimum Gasteiger partial charge on any atom is -0.307 e. The topological polar surface area (TPSA) is 92.7 Å². The first kappa shape index (κ1) is 19.8. The van der Waals surface area contributed by atoms with Crippen molar-refractivity contribution in [2.75, 3.05) is 5.32 Å². The molecule has 150 valence electrons. The Morgan fingerprint density at radius 1 is 1.23 bits per heavy atom. The molecule has 1 amide bonds. The predicted molar refractivity (Wildman–Crippen MR) is 119 cm³/mol. The Morgan fingerprint density at radius 2 is 2.07 bits per heavy atom. The number of carbonyl (C=O) groups excluding carboxylic acids is 1. The second-order valence-electron chi connectivity index (χ2n) is 6.36. The molecule has 0 unspecified atom stereocenters. The second-order valence-corrected chi connectivity index (χ2v) is 7.71. The van der Waals surface area contributed by atoms with E-state index in [-0.39, 0.29) is 17.4 Å². The fourth-order valence-electron chi connectivity index (χ4n) is 2.78. The third kappa shape index (κ3) is 4.40. The van der Waals surface area contributed by atoms with E-state index in [1.165, 1.54) is 28.2 Å². The Kier molecular flexibility index (Phi) is 5.60. The molecular formula is C21H16ClN5O2S. The van der Waals surface area contributed by atoms with Crippen molar-refractivity contribution in [1.29, 1.82) is 0 Å². The molecule has 0 saturated carbocycles. The summed E-state index contributed by atoms with van der Waals surface area (Å²) >= 11 is 7.64. The highest BCUT2D eigenvalue weighted by Crippen LogP contribution is 2.27. The molecule has 30 heavy (non-hydrogen) atoms. The zero-order valence-electron chi connectivity index (χ0n) is 15.8. The average Bonchev–Trinajstić information content (AvgIpc) is 3.36. The Labute approximate surface area is 180 Å². The molecule has 0 fully saturated rings. The summed E-state index contributed by atoms with van der Waals surface area (Å²) in [5.74, 6) is 0.220. The van der Waals surface area contributed by atoms with Crippen LogP contribution in [-0.2, 0) is 4.79 Å². The van der Waals surface area contributed by atoms with Crippen LogP contribution in [-0.4, -0.2) is 25.7 Å². The average molecular weight is 438 g/mol. The number of halogens is 1. The first-order valence-corrected chi connectivity index (χ1v) is 10.2. The first-order valence-electron chi connectivity index (χ1n) is 8.95. The minimum absolute atomic E-state index is 0.216. The lowest BCUT2D eigenvalue weighted by molar-refractivity contribution is -0.111. The van der Waals surface area contributed by atoms with Crippen LogP contribution in [0.3, 0.4) is 0 Å². The molecule has 0 spiro atoms. The van der Waals surface area contributed by atoms with E-state index in [0.29, 0.717) is 22.2 Å². The lowest BCUT2D eigenvalue weighted by Crippen LogP contribution is -2.17. The van der Waals surface area contributed by atoms with Gasteiger partial charge in [-0.2, -0.15) is 9.78 Å². The minimum atomic E-state index is -0.371. The van der Waals surface area contributed by atoms with Gasteiger partial charge >= 0.3 is 0 Å². The van der Waals surface area contributed by atoms with Crippen LogP contribution < -0.4 is 10.9 Å². The molecule has 0 aliphatic heterocycles. The molecule has 0 atom stereocenters. The molecule has 7 nitrogen and oxygen atoms in total. The predicted octanol–water partition coefficient (Wildman–Crippen LogP) is 4.30. The summed E-state index contributed by atoms with van der Waals surface area (Å²) in [5, 5.41) is 9.80. The largest absolute Gasteiger partial charge is 0.307 e. The molecule has 9 heteroatoms. The van der Waals surface area contributed by atoms with E-state index < -0.39 is 0 Å². The summed E-state index contributed by atoms with van der Waals surface area (Å²) in [6.45, 7) is 1.72. The van der Waals surface area contributed by atoms with Gasteiger partial charge in [-0.1, -0.05) is 35.9 Å². The molecule has 3 heterocycles. The SMILES string of the molecule is Cc1cc(=O)[nH]c(-n2nc(-c3cccs3)cc2NC(=O)/C=C/c2ccccc2Cl)n1. The lowest BCUT2D eigenvalue weighted by Gasteiger charge is -2.07. The van der Waals surface area contributed by atoms with Crippen LogP contribution in [0.1, 0.15) is 11.3 Å². The van der Waals surface area contributed by atoms with Gasteiger partial charge in [-0.25, -0.2) is 4.98 Å². The third-order valence-electron chi connectivity index (χ3n) is 4.11. The molecule has 1 aromatic carbocycles. The van der Waals surface area contributed by atoms with E-state index in [1.807, 2.05) is 35.7 Å². The maximum Gasteiger partial charge on any atom is 0.252 e. The summed E-state index contributed by atoms with van der Waals surface area (Å²) < 4.78 is 1.41. The number of amides is 1. The second kappa shape index (κ2) is 8.48. The quantitative estimate of drug-likeness (QED) is 0.455. The highest BCUT2D eigenvalue weighted by molar-refractivity contribution is 7.13. The zero-order chi connectivity index (χ0) is 21.1. The summed E-state index contributed by atoms with van der Waals surface area (Å²) in [7, 11) is 0. The number of anilines is 1. The van der Waals surface area contributed by atoms with Crippen molar-refractivity contribution in [2.24, 2.45) is 0 Å². The number of carbonyl (C=O) groups is 1. The molecule has 0 aliphatic carbocycles. The zero-order valence-corrected chi connectivity index (χ0v) is 17.4. The van der Waals surface area contributed by atoms with E-state index in [4.69, 9.17) is 11.6 Å². The normalized spacial score (nSPS) is 11.1. The van der Waals surface area contributed by atoms with Gasteiger partial charge in [-0.3, -0.25) is 14.6 Å². The van der Waals surface area contributed by atoms with Crippen LogP contribution in [0, 0.1) is 6.92 Å². The van der Waals surface area contributed by atoms with E-state index >= 15 is 0 Å². The van der Waals surface area contributed by atoms with Crippen molar-refractivity contribution in [3.63, 3.8) is 0 Å². The molecule has 0 aliphatic rings. The summed E-state index contributed by atoms with van der Waals surface area (Å²) in [5.41, 5.74) is 1.62. The highest BCUT2D eigenvalue weighted by atomic mass is 35.5. The molecule has 2 N–H and O–H groups in total. The van der Waals surface area contributed by atoms with Gasteiger partial charge in [0.05, 0.1) is 4.88 Å². The van der Waals surface area contributed by atoms with Gasteiger partial charge in [0.2, 0.25) is 11.9 Å². The molecular weight excluding hydrogens is 422 g/mol. The number of aryl methyl sites for hydroxylation is 1. The highest BCUT2D eigenvalue weighted by Gasteiger charge is 2.15. The van der Waals surface area contributed by atoms with Gasteiger partial charge in [-0.05, 0) is 36.1 Å². The third-order valence-corrected chi connectivity index (χ3v) is 5.35. The van der Waals surface area contributed by atoms with Crippen molar-refractivity contribution < 1.29 is 4.79 Å². The van der Waals surface area contributed by atoms with Crippen LogP contribution in [0.15, 0.2) is 64.8 Å². The molecule has 3 aromatic heterocycles. The van der Waals surface area contributed by atoms with E-state index in [1.54, 1.807) is 25.1 Å². The van der Waals surface area contributed by atoms with Crippen LogP contribution >= 0.6 is 22.9 Å². The number of aromatic nitrogens is 4. The Bertz CT molecular complexity index is 1290. The van der Waals surface area contributed by atoms with Gasteiger partial charge in [-0.15, -0.1) is 11.3 Å². The summed E-state index contributed by atoms with van der Waals surface area (Å²) in [6.07, 6.45) is 3.02. The Hall–Kier alpha value is -3.49. The fraction of sp³-hybridized carbons (Fsp3) is 0.0476. The summed E-state index contributed by atoms with van der Waals surface area (Å²) in [6, 6.07) is 14.2. The van der Waals surface area contributed by atoms with Crippen molar-refractivity contribution in [2.45, 2.75) is 6.92 Å². The van der Waals surface area contributed by atoms with Crippen LogP contribution in [0.5, 0.6) is 0 Å². The molecule has 4 aromatic rings. The monoisotopic (exact) mass is 437 g/mol. The Balaban J connectivity index is 1.68. The van der Waals surface area contributed by atoms with Crippen LogP contribution in [0.2, 0.25) is 5.02 Å². The number of rotatable bonds is 5. The number of nitrogens with zero attached hydrogens (tertiary/aromatic N) is 3. The standard InChI is InChI=1S/C21H16ClN5O2S/c1-13-11-20(29)25-21(23-13)27-18(12-16(26-27)17-7-4-10-30-17)24-19(28)9-8-14-5-2-3-6-15(14)22/h2-12H,1H3,(H,24,28)(H,23,25,29)/b9-8+. The van der Waals surface area contributed by atoms with Gasteiger partial charge in [0.25, 0.3) is 5.56 Å². The Morgan fingerprint density at radius 3 is 2.80 bits per heavy atom. The first-order chi connectivity index (χ1) is 14.5. The molecule has 0 bridgehead atoms. The smallest absolute Gasteiger partial charge is 0.252 e. The number of benzene rings is 1. The van der Waals surface area contributed by atoms with Gasteiger partial charge in [0.1, 0.15) is 11.5 Å². The molecule has 0 saturated heterocycles. The lowest BCUT2D eigenvalue weighted by atomic mass is 10.2. The van der Waals surface area contributed by atoms with Crippen molar-refractivity contribution >= 4 is 40.7 Å². The number of hydrogen-bond donors (Lipinski definition) is 2. The maximum atomic E-state index is 12.5. The van der Waals surface area contributed by atoms with Crippen molar-refractivity contribution in [1.82, 2.24) is 19.7 Å². The molecule has 0 radical (unpaired) electrons. The molecule has 4 rings (SSSR count).